The minimum Gasteiger partial charge on any atom is -0.370 e. The Morgan fingerprint density at radius 1 is 1.14 bits per heavy atom. The molecule has 0 saturated carbocycles. The van der Waals surface area contributed by atoms with Crippen molar-refractivity contribution in [1.82, 2.24) is 9.97 Å². The summed E-state index contributed by atoms with van der Waals surface area (Å²) in [6.45, 7) is 6.85. The Morgan fingerprint density at radius 3 is 2.57 bits per heavy atom. The molecule has 5 heteroatoms. The van der Waals surface area contributed by atoms with Gasteiger partial charge in [-0.3, -0.25) is 0 Å². The third kappa shape index (κ3) is 3.48. The van der Waals surface area contributed by atoms with Crippen molar-refractivity contribution in [2.45, 2.75) is 33.6 Å². The van der Waals surface area contributed by atoms with Crippen molar-refractivity contribution < 1.29 is 4.39 Å². The van der Waals surface area contributed by atoms with E-state index < -0.39 is 0 Å². The standard InChI is InChI=1S/C16H21FN4/c1-4-9-18-15-12(5-2)16(20-10-19-15)21-14-11(3)7-6-8-13(14)17/h6-8,10H,4-5,9H2,1-3H3,(H2,18,19,20,21). The van der Waals surface area contributed by atoms with Crippen LogP contribution in [0.4, 0.5) is 21.7 Å². The molecule has 0 spiro atoms. The molecule has 2 aromatic rings. The van der Waals surface area contributed by atoms with E-state index in [2.05, 4.69) is 27.5 Å². The van der Waals surface area contributed by atoms with Gasteiger partial charge in [-0.25, -0.2) is 14.4 Å². The first kappa shape index (κ1) is 15.2. The molecule has 2 rings (SSSR count). The van der Waals surface area contributed by atoms with Crippen molar-refractivity contribution in [2.75, 3.05) is 17.2 Å². The maximum Gasteiger partial charge on any atom is 0.146 e. The van der Waals surface area contributed by atoms with Gasteiger partial charge in [0.1, 0.15) is 23.8 Å². The molecule has 0 amide bonds. The number of hydrogen-bond acceptors (Lipinski definition) is 4. The van der Waals surface area contributed by atoms with Crippen LogP contribution in [0.2, 0.25) is 0 Å². The monoisotopic (exact) mass is 288 g/mol. The van der Waals surface area contributed by atoms with Gasteiger partial charge in [-0.05, 0) is 31.4 Å². The molecule has 0 saturated heterocycles. The summed E-state index contributed by atoms with van der Waals surface area (Å²) in [6.07, 6.45) is 3.28. The molecule has 2 N–H and O–H groups in total. The molecule has 1 heterocycles. The smallest absolute Gasteiger partial charge is 0.146 e. The highest BCUT2D eigenvalue weighted by Gasteiger charge is 2.12. The third-order valence-electron chi connectivity index (χ3n) is 3.31. The molecule has 1 aromatic heterocycles. The Morgan fingerprint density at radius 2 is 1.90 bits per heavy atom. The quantitative estimate of drug-likeness (QED) is 0.842. The Balaban J connectivity index is 2.35. The number of para-hydroxylation sites is 1. The molecule has 21 heavy (non-hydrogen) atoms. The van der Waals surface area contributed by atoms with Gasteiger partial charge in [0.15, 0.2) is 0 Å². The molecule has 0 aliphatic rings. The molecule has 1 aromatic carbocycles. The first-order valence-corrected chi connectivity index (χ1v) is 7.27. The van der Waals surface area contributed by atoms with Crippen LogP contribution in [-0.4, -0.2) is 16.5 Å². The van der Waals surface area contributed by atoms with Crippen LogP contribution >= 0.6 is 0 Å². The van der Waals surface area contributed by atoms with E-state index in [1.54, 1.807) is 6.07 Å². The second kappa shape index (κ2) is 7.02. The van der Waals surface area contributed by atoms with Gasteiger partial charge in [0.2, 0.25) is 0 Å². The number of nitrogens with one attached hydrogen (secondary N) is 2. The third-order valence-corrected chi connectivity index (χ3v) is 3.31. The van der Waals surface area contributed by atoms with E-state index in [0.29, 0.717) is 11.5 Å². The number of benzene rings is 1. The van der Waals surface area contributed by atoms with Crippen LogP contribution in [-0.2, 0) is 6.42 Å². The fourth-order valence-electron chi connectivity index (χ4n) is 2.16. The van der Waals surface area contributed by atoms with Crippen molar-refractivity contribution in [2.24, 2.45) is 0 Å². The number of halogens is 1. The van der Waals surface area contributed by atoms with Gasteiger partial charge in [0.25, 0.3) is 0 Å². The van der Waals surface area contributed by atoms with Gasteiger partial charge >= 0.3 is 0 Å². The number of anilines is 3. The second-order valence-corrected chi connectivity index (χ2v) is 4.89. The first-order valence-electron chi connectivity index (χ1n) is 7.27. The van der Waals surface area contributed by atoms with Gasteiger partial charge in [-0.1, -0.05) is 26.0 Å². The Labute approximate surface area is 124 Å². The normalized spacial score (nSPS) is 10.5. The summed E-state index contributed by atoms with van der Waals surface area (Å²) >= 11 is 0. The highest BCUT2D eigenvalue weighted by Crippen LogP contribution is 2.27. The lowest BCUT2D eigenvalue weighted by molar-refractivity contribution is 0.630. The van der Waals surface area contributed by atoms with Crippen molar-refractivity contribution in [3.8, 4) is 0 Å². The second-order valence-electron chi connectivity index (χ2n) is 4.89. The van der Waals surface area contributed by atoms with E-state index in [9.17, 15) is 4.39 Å². The SMILES string of the molecule is CCCNc1ncnc(Nc2c(C)cccc2F)c1CC. The number of aromatic nitrogens is 2. The van der Waals surface area contributed by atoms with E-state index in [1.807, 2.05) is 19.9 Å². The zero-order chi connectivity index (χ0) is 15.2. The lowest BCUT2D eigenvalue weighted by atomic mass is 10.1. The molecule has 0 atom stereocenters. The topological polar surface area (TPSA) is 49.8 Å². The van der Waals surface area contributed by atoms with E-state index in [1.165, 1.54) is 12.4 Å². The van der Waals surface area contributed by atoms with E-state index in [0.717, 1.165) is 36.3 Å². The van der Waals surface area contributed by atoms with Crippen LogP contribution in [0, 0.1) is 12.7 Å². The molecule has 4 nitrogen and oxygen atoms in total. The molecule has 0 bridgehead atoms. The Bertz CT molecular complexity index is 593. The number of nitrogens with zero attached hydrogens (tertiary/aromatic N) is 2. The van der Waals surface area contributed by atoms with Gasteiger partial charge in [-0.15, -0.1) is 0 Å². The largest absolute Gasteiger partial charge is 0.370 e. The molecular weight excluding hydrogens is 267 g/mol. The summed E-state index contributed by atoms with van der Waals surface area (Å²) in [5.74, 6) is 1.18. The Kier molecular flexibility index (Phi) is 5.09. The summed E-state index contributed by atoms with van der Waals surface area (Å²) in [4.78, 5) is 8.55. The van der Waals surface area contributed by atoms with E-state index in [-0.39, 0.29) is 5.82 Å². The summed E-state index contributed by atoms with van der Waals surface area (Å²) in [7, 11) is 0. The average Bonchev–Trinajstić information content (AvgIpc) is 2.49. The number of rotatable bonds is 6. The minimum atomic E-state index is -0.279. The van der Waals surface area contributed by atoms with Gasteiger partial charge in [0, 0.05) is 12.1 Å². The predicted molar refractivity (Wildman–Crippen MR) is 84.6 cm³/mol. The van der Waals surface area contributed by atoms with Crippen LogP contribution < -0.4 is 10.6 Å². The minimum absolute atomic E-state index is 0.279. The van der Waals surface area contributed by atoms with Crippen LogP contribution in [0.5, 0.6) is 0 Å². The molecule has 0 fully saturated rings. The van der Waals surface area contributed by atoms with Crippen molar-refractivity contribution in [1.29, 1.82) is 0 Å². The zero-order valence-corrected chi connectivity index (χ0v) is 12.7. The van der Waals surface area contributed by atoms with Crippen molar-refractivity contribution >= 4 is 17.3 Å². The zero-order valence-electron chi connectivity index (χ0n) is 12.7. The van der Waals surface area contributed by atoms with Crippen LogP contribution in [0.25, 0.3) is 0 Å². The highest BCUT2D eigenvalue weighted by molar-refractivity contribution is 5.67. The maximum atomic E-state index is 14.0. The lowest BCUT2D eigenvalue weighted by Gasteiger charge is -2.15. The highest BCUT2D eigenvalue weighted by atomic mass is 19.1. The summed E-state index contributed by atoms with van der Waals surface area (Å²) in [5, 5.41) is 6.40. The number of hydrogen-bond donors (Lipinski definition) is 2. The van der Waals surface area contributed by atoms with Crippen molar-refractivity contribution in [3.05, 3.63) is 41.5 Å². The molecule has 0 radical (unpaired) electrons. The fraction of sp³-hybridized carbons (Fsp3) is 0.375. The number of aryl methyl sites for hydroxylation is 1. The summed E-state index contributed by atoms with van der Waals surface area (Å²) in [5.41, 5.74) is 2.28. The maximum absolute atomic E-state index is 14.0. The molecule has 112 valence electrons. The van der Waals surface area contributed by atoms with Crippen LogP contribution in [0.15, 0.2) is 24.5 Å². The Hall–Kier alpha value is -2.17. The van der Waals surface area contributed by atoms with Gasteiger partial charge < -0.3 is 10.6 Å². The molecular formula is C16H21FN4. The van der Waals surface area contributed by atoms with Gasteiger partial charge in [-0.2, -0.15) is 0 Å². The van der Waals surface area contributed by atoms with Crippen LogP contribution in [0.3, 0.4) is 0 Å². The van der Waals surface area contributed by atoms with E-state index in [4.69, 9.17) is 0 Å². The predicted octanol–water partition coefficient (Wildman–Crippen LogP) is 4.05. The first-order chi connectivity index (χ1) is 10.2. The summed E-state index contributed by atoms with van der Waals surface area (Å²) < 4.78 is 14.0. The van der Waals surface area contributed by atoms with Gasteiger partial charge in [0.05, 0.1) is 5.69 Å². The summed E-state index contributed by atoms with van der Waals surface area (Å²) in [6, 6.07) is 5.01. The molecule has 0 aliphatic carbocycles. The molecule has 0 aliphatic heterocycles. The van der Waals surface area contributed by atoms with E-state index >= 15 is 0 Å². The van der Waals surface area contributed by atoms with Crippen LogP contribution in [0.1, 0.15) is 31.4 Å². The lowest BCUT2D eigenvalue weighted by Crippen LogP contribution is -2.09. The molecule has 0 unspecified atom stereocenters. The van der Waals surface area contributed by atoms with Crippen molar-refractivity contribution in [3.63, 3.8) is 0 Å². The average molecular weight is 288 g/mol. The fourth-order valence-corrected chi connectivity index (χ4v) is 2.16.